The zero-order chi connectivity index (χ0) is 13.7. The minimum Gasteiger partial charge on any atom is -0.318 e. The summed E-state index contributed by atoms with van der Waals surface area (Å²) in [5, 5.41) is 3.29. The SMILES string of the molecule is CNCC1CCCCN1C(C)Cc1cccc(F)c1. The van der Waals surface area contributed by atoms with Gasteiger partial charge in [0.05, 0.1) is 0 Å². The van der Waals surface area contributed by atoms with Crippen LogP contribution in [0.15, 0.2) is 24.3 Å². The molecule has 1 aliphatic heterocycles. The van der Waals surface area contributed by atoms with Gasteiger partial charge in [-0.05, 0) is 57.5 Å². The molecule has 1 N–H and O–H groups in total. The second-order valence-corrected chi connectivity index (χ2v) is 5.63. The Kier molecular flexibility index (Phi) is 5.34. The van der Waals surface area contributed by atoms with Crippen LogP contribution in [0.25, 0.3) is 0 Å². The smallest absolute Gasteiger partial charge is 0.123 e. The average molecular weight is 264 g/mol. The molecule has 2 unspecified atom stereocenters. The van der Waals surface area contributed by atoms with Gasteiger partial charge >= 0.3 is 0 Å². The topological polar surface area (TPSA) is 15.3 Å². The Labute approximate surface area is 116 Å². The summed E-state index contributed by atoms with van der Waals surface area (Å²) in [4.78, 5) is 2.59. The first-order valence-electron chi connectivity index (χ1n) is 7.35. The molecule has 0 bridgehead atoms. The van der Waals surface area contributed by atoms with Gasteiger partial charge in [0.2, 0.25) is 0 Å². The first-order chi connectivity index (χ1) is 9.20. The summed E-state index contributed by atoms with van der Waals surface area (Å²) in [5.41, 5.74) is 1.10. The van der Waals surface area contributed by atoms with Gasteiger partial charge in [-0.2, -0.15) is 0 Å². The van der Waals surface area contributed by atoms with Gasteiger partial charge in [-0.3, -0.25) is 4.90 Å². The van der Waals surface area contributed by atoms with E-state index in [1.807, 2.05) is 13.1 Å². The molecule has 1 aliphatic rings. The third-order valence-electron chi connectivity index (χ3n) is 4.10. The molecule has 2 atom stereocenters. The van der Waals surface area contributed by atoms with Crippen molar-refractivity contribution in [1.29, 1.82) is 0 Å². The molecule has 0 aromatic heterocycles. The van der Waals surface area contributed by atoms with Crippen molar-refractivity contribution in [3.63, 3.8) is 0 Å². The van der Waals surface area contributed by atoms with E-state index in [-0.39, 0.29) is 5.82 Å². The number of likely N-dealkylation sites (N-methyl/N-ethyl adjacent to an activating group) is 1. The molecular weight excluding hydrogens is 239 g/mol. The molecule has 0 spiro atoms. The first kappa shape index (κ1) is 14.5. The molecule has 1 fully saturated rings. The van der Waals surface area contributed by atoms with Crippen LogP contribution in [-0.2, 0) is 6.42 Å². The normalized spacial score (nSPS) is 22.4. The van der Waals surface area contributed by atoms with E-state index in [0.717, 1.165) is 18.5 Å². The molecule has 1 aromatic rings. The van der Waals surface area contributed by atoms with Crippen molar-refractivity contribution in [2.45, 2.75) is 44.7 Å². The number of nitrogens with one attached hydrogen (secondary N) is 1. The van der Waals surface area contributed by atoms with Crippen molar-refractivity contribution < 1.29 is 4.39 Å². The van der Waals surface area contributed by atoms with Crippen molar-refractivity contribution >= 4 is 0 Å². The molecule has 1 saturated heterocycles. The van der Waals surface area contributed by atoms with Crippen LogP contribution in [0.4, 0.5) is 4.39 Å². The van der Waals surface area contributed by atoms with Crippen LogP contribution in [-0.4, -0.2) is 37.1 Å². The highest BCUT2D eigenvalue weighted by Crippen LogP contribution is 2.21. The van der Waals surface area contributed by atoms with Crippen LogP contribution >= 0.6 is 0 Å². The lowest BCUT2D eigenvalue weighted by Gasteiger charge is -2.40. The monoisotopic (exact) mass is 264 g/mol. The quantitative estimate of drug-likeness (QED) is 0.880. The number of hydrogen-bond donors (Lipinski definition) is 1. The van der Waals surface area contributed by atoms with Gasteiger partial charge < -0.3 is 5.32 Å². The van der Waals surface area contributed by atoms with E-state index in [0.29, 0.717) is 12.1 Å². The lowest BCUT2D eigenvalue weighted by atomic mass is 9.97. The van der Waals surface area contributed by atoms with Crippen LogP contribution in [0, 0.1) is 5.82 Å². The fourth-order valence-corrected chi connectivity index (χ4v) is 3.18. The number of benzene rings is 1. The largest absolute Gasteiger partial charge is 0.318 e. The van der Waals surface area contributed by atoms with E-state index in [2.05, 4.69) is 17.1 Å². The Morgan fingerprint density at radius 2 is 2.26 bits per heavy atom. The molecule has 0 aliphatic carbocycles. The van der Waals surface area contributed by atoms with E-state index >= 15 is 0 Å². The summed E-state index contributed by atoms with van der Waals surface area (Å²) in [6.45, 7) is 4.48. The molecule has 0 radical (unpaired) electrons. The lowest BCUT2D eigenvalue weighted by Crippen LogP contribution is -2.49. The van der Waals surface area contributed by atoms with Crippen LogP contribution in [0.1, 0.15) is 31.7 Å². The Morgan fingerprint density at radius 3 is 3.00 bits per heavy atom. The average Bonchev–Trinajstić information content (AvgIpc) is 2.39. The number of piperidine rings is 1. The fourth-order valence-electron chi connectivity index (χ4n) is 3.18. The highest BCUT2D eigenvalue weighted by atomic mass is 19.1. The van der Waals surface area contributed by atoms with Crippen molar-refractivity contribution in [1.82, 2.24) is 10.2 Å². The van der Waals surface area contributed by atoms with Gasteiger partial charge in [0.25, 0.3) is 0 Å². The van der Waals surface area contributed by atoms with Gasteiger partial charge in [0.1, 0.15) is 5.82 Å². The maximum absolute atomic E-state index is 13.2. The highest BCUT2D eigenvalue weighted by molar-refractivity contribution is 5.17. The summed E-state index contributed by atoms with van der Waals surface area (Å²) in [6.07, 6.45) is 4.82. The molecule has 1 aromatic carbocycles. The van der Waals surface area contributed by atoms with Gasteiger partial charge in [0.15, 0.2) is 0 Å². The van der Waals surface area contributed by atoms with Crippen LogP contribution in [0.2, 0.25) is 0 Å². The summed E-state index contributed by atoms with van der Waals surface area (Å²) in [7, 11) is 2.02. The Morgan fingerprint density at radius 1 is 1.42 bits per heavy atom. The van der Waals surface area contributed by atoms with E-state index in [1.54, 1.807) is 12.1 Å². The predicted molar refractivity (Wildman–Crippen MR) is 77.8 cm³/mol. The molecule has 0 saturated carbocycles. The van der Waals surface area contributed by atoms with Crippen molar-refractivity contribution in [3.8, 4) is 0 Å². The van der Waals surface area contributed by atoms with Crippen molar-refractivity contribution in [2.24, 2.45) is 0 Å². The third-order valence-corrected chi connectivity index (χ3v) is 4.10. The van der Waals surface area contributed by atoms with Crippen molar-refractivity contribution in [3.05, 3.63) is 35.6 Å². The zero-order valence-corrected chi connectivity index (χ0v) is 12.0. The summed E-state index contributed by atoms with van der Waals surface area (Å²) >= 11 is 0. The molecule has 2 rings (SSSR count). The van der Waals surface area contributed by atoms with Gasteiger partial charge in [-0.1, -0.05) is 18.6 Å². The lowest BCUT2D eigenvalue weighted by molar-refractivity contribution is 0.103. The number of rotatable bonds is 5. The number of hydrogen-bond acceptors (Lipinski definition) is 2. The number of nitrogens with zero attached hydrogens (tertiary/aromatic N) is 1. The third kappa shape index (κ3) is 4.02. The van der Waals surface area contributed by atoms with E-state index in [4.69, 9.17) is 0 Å². The molecule has 2 nitrogen and oxygen atoms in total. The maximum atomic E-state index is 13.2. The van der Waals surface area contributed by atoms with Crippen LogP contribution in [0.3, 0.4) is 0 Å². The standard InChI is InChI=1S/C16H25FN2/c1-13(10-14-6-5-7-15(17)11-14)19-9-4-3-8-16(19)12-18-2/h5-7,11,13,16,18H,3-4,8-10,12H2,1-2H3. The Bertz CT molecular complexity index is 392. The summed E-state index contributed by atoms with van der Waals surface area (Å²) in [5.74, 6) is -0.130. The fraction of sp³-hybridized carbons (Fsp3) is 0.625. The maximum Gasteiger partial charge on any atom is 0.123 e. The number of likely N-dealkylation sites (tertiary alicyclic amines) is 1. The minimum absolute atomic E-state index is 0.130. The highest BCUT2D eigenvalue weighted by Gasteiger charge is 2.25. The van der Waals surface area contributed by atoms with Gasteiger partial charge in [0, 0.05) is 18.6 Å². The molecule has 3 heteroatoms. The van der Waals surface area contributed by atoms with Gasteiger partial charge in [-0.15, -0.1) is 0 Å². The van der Waals surface area contributed by atoms with Gasteiger partial charge in [-0.25, -0.2) is 4.39 Å². The summed E-state index contributed by atoms with van der Waals surface area (Å²) < 4.78 is 13.2. The van der Waals surface area contributed by atoms with E-state index in [1.165, 1.54) is 31.9 Å². The zero-order valence-electron chi connectivity index (χ0n) is 12.0. The van der Waals surface area contributed by atoms with Crippen LogP contribution in [0.5, 0.6) is 0 Å². The molecular formula is C16H25FN2. The second-order valence-electron chi connectivity index (χ2n) is 5.63. The first-order valence-corrected chi connectivity index (χ1v) is 7.35. The minimum atomic E-state index is -0.130. The second kappa shape index (κ2) is 7.01. The van der Waals surface area contributed by atoms with Crippen molar-refractivity contribution in [2.75, 3.05) is 20.1 Å². The molecule has 0 amide bonds. The van der Waals surface area contributed by atoms with E-state index in [9.17, 15) is 4.39 Å². The molecule has 19 heavy (non-hydrogen) atoms. The summed E-state index contributed by atoms with van der Waals surface area (Å²) in [6, 6.07) is 8.10. The number of halogens is 1. The van der Waals surface area contributed by atoms with E-state index < -0.39 is 0 Å². The predicted octanol–water partition coefficient (Wildman–Crippen LogP) is 2.83. The van der Waals surface area contributed by atoms with Crippen LogP contribution < -0.4 is 5.32 Å². The molecule has 1 heterocycles. The molecule has 106 valence electrons. The Hall–Kier alpha value is -0.930. The Balaban J connectivity index is 1.99.